The summed E-state index contributed by atoms with van der Waals surface area (Å²) in [5.41, 5.74) is 0.191. The van der Waals surface area contributed by atoms with E-state index in [0.29, 0.717) is 29.2 Å². The van der Waals surface area contributed by atoms with Crippen molar-refractivity contribution in [3.63, 3.8) is 0 Å². The van der Waals surface area contributed by atoms with Crippen molar-refractivity contribution in [1.29, 1.82) is 0 Å². The highest BCUT2D eigenvalue weighted by atomic mass is 32.2. The molecule has 33 heavy (non-hydrogen) atoms. The van der Waals surface area contributed by atoms with E-state index < -0.39 is 26.0 Å². The van der Waals surface area contributed by atoms with Gasteiger partial charge in [0.05, 0.1) is 36.1 Å². The Balaban J connectivity index is 1.96. The van der Waals surface area contributed by atoms with E-state index in [9.17, 15) is 17.6 Å². The summed E-state index contributed by atoms with van der Waals surface area (Å²) in [7, 11) is -2.68. The molecular formula is C25H22FNO5S. The Morgan fingerprint density at radius 1 is 0.970 bits per heavy atom. The highest BCUT2D eigenvalue weighted by Crippen LogP contribution is 2.26. The average molecular weight is 468 g/mol. The lowest BCUT2D eigenvalue weighted by Gasteiger charge is -2.15. The number of pyridine rings is 1. The Kier molecular flexibility index (Phi) is 6.20. The fourth-order valence-electron chi connectivity index (χ4n) is 3.62. The first-order chi connectivity index (χ1) is 15.8. The Labute approximate surface area is 190 Å². The van der Waals surface area contributed by atoms with Gasteiger partial charge in [0.1, 0.15) is 22.2 Å². The van der Waals surface area contributed by atoms with Crippen LogP contribution >= 0.6 is 0 Å². The zero-order valence-corrected chi connectivity index (χ0v) is 18.9. The summed E-state index contributed by atoms with van der Waals surface area (Å²) in [4.78, 5) is 12.9. The maximum Gasteiger partial charge on any atom is 0.211 e. The van der Waals surface area contributed by atoms with Crippen LogP contribution in [0, 0.1) is 5.82 Å². The molecule has 1 heterocycles. The van der Waals surface area contributed by atoms with Gasteiger partial charge in [-0.2, -0.15) is 0 Å². The number of rotatable bonds is 7. The molecule has 0 radical (unpaired) electrons. The molecule has 0 atom stereocenters. The number of benzene rings is 3. The maximum absolute atomic E-state index is 14.4. The van der Waals surface area contributed by atoms with Crippen molar-refractivity contribution in [1.82, 2.24) is 4.57 Å². The van der Waals surface area contributed by atoms with Crippen molar-refractivity contribution in [2.45, 2.75) is 23.3 Å². The number of fused-ring (bicyclic) bond motifs is 1. The van der Waals surface area contributed by atoms with E-state index in [1.54, 1.807) is 34.9 Å². The molecule has 0 spiro atoms. The van der Waals surface area contributed by atoms with Gasteiger partial charge in [-0.1, -0.05) is 18.2 Å². The third-order valence-electron chi connectivity index (χ3n) is 5.29. The molecule has 0 aliphatic heterocycles. The van der Waals surface area contributed by atoms with E-state index in [-0.39, 0.29) is 16.8 Å². The number of ether oxygens (including phenoxy) is 2. The van der Waals surface area contributed by atoms with E-state index >= 15 is 0 Å². The number of nitrogens with zero attached hydrogens (tertiary/aromatic N) is 1. The SMILES string of the molecule is CCOc1ccc2c(c1)c(=O)c(S(=O)(=O)c1ccc(OC)cc1)cn2Cc1ccccc1F. The summed E-state index contributed by atoms with van der Waals surface area (Å²) >= 11 is 0. The molecule has 0 saturated heterocycles. The second kappa shape index (κ2) is 9.07. The standard InChI is InChI=1S/C25H22FNO5S/c1-3-32-19-10-13-23-21(14-19)25(28)24(16-27(23)15-17-6-4-5-7-22(17)26)33(29,30)20-11-8-18(31-2)9-12-20/h4-14,16H,3,15H2,1-2H3. The molecule has 170 valence electrons. The normalized spacial score (nSPS) is 11.5. The molecule has 4 aromatic rings. The van der Waals surface area contributed by atoms with Crippen molar-refractivity contribution in [3.8, 4) is 11.5 Å². The summed E-state index contributed by atoms with van der Waals surface area (Å²) in [5.74, 6) is 0.513. The van der Waals surface area contributed by atoms with E-state index in [1.807, 2.05) is 6.92 Å². The molecule has 3 aromatic carbocycles. The smallest absolute Gasteiger partial charge is 0.211 e. The molecule has 0 amide bonds. The van der Waals surface area contributed by atoms with Crippen LogP contribution in [0.2, 0.25) is 0 Å². The molecule has 0 fully saturated rings. The molecule has 0 aliphatic carbocycles. The number of halogens is 1. The number of methoxy groups -OCH3 is 1. The van der Waals surface area contributed by atoms with Crippen LogP contribution in [0.15, 0.2) is 87.5 Å². The molecule has 6 nitrogen and oxygen atoms in total. The van der Waals surface area contributed by atoms with Gasteiger partial charge in [0, 0.05) is 11.8 Å². The van der Waals surface area contributed by atoms with Gasteiger partial charge in [-0.15, -0.1) is 0 Å². The van der Waals surface area contributed by atoms with Crippen molar-refractivity contribution in [3.05, 3.63) is 94.5 Å². The largest absolute Gasteiger partial charge is 0.497 e. The molecular weight excluding hydrogens is 445 g/mol. The molecule has 0 bridgehead atoms. The Bertz CT molecular complexity index is 1480. The summed E-state index contributed by atoms with van der Waals surface area (Å²) in [5, 5.41) is 0.173. The Morgan fingerprint density at radius 3 is 2.33 bits per heavy atom. The van der Waals surface area contributed by atoms with Crippen LogP contribution in [-0.2, 0) is 16.4 Å². The van der Waals surface area contributed by atoms with Gasteiger partial charge in [-0.3, -0.25) is 4.79 Å². The summed E-state index contributed by atoms with van der Waals surface area (Å²) in [6.45, 7) is 2.24. The molecule has 1 aromatic heterocycles. The number of hydrogen-bond acceptors (Lipinski definition) is 5. The summed E-state index contributed by atoms with van der Waals surface area (Å²) < 4.78 is 53.4. The highest BCUT2D eigenvalue weighted by molar-refractivity contribution is 7.91. The van der Waals surface area contributed by atoms with Crippen molar-refractivity contribution in [2.75, 3.05) is 13.7 Å². The zero-order chi connectivity index (χ0) is 23.6. The van der Waals surface area contributed by atoms with E-state index in [1.165, 1.54) is 49.7 Å². The molecule has 0 saturated carbocycles. The average Bonchev–Trinajstić information content (AvgIpc) is 2.82. The maximum atomic E-state index is 14.4. The van der Waals surface area contributed by atoms with Gasteiger partial charge in [-0.25, -0.2) is 12.8 Å². The lowest BCUT2D eigenvalue weighted by atomic mass is 10.1. The first kappa shape index (κ1) is 22.5. The molecule has 8 heteroatoms. The van der Waals surface area contributed by atoms with E-state index in [0.717, 1.165) is 0 Å². The van der Waals surface area contributed by atoms with Gasteiger partial charge in [0.2, 0.25) is 15.3 Å². The molecule has 4 rings (SSSR count). The van der Waals surface area contributed by atoms with Crippen LogP contribution in [0.1, 0.15) is 12.5 Å². The number of hydrogen-bond donors (Lipinski definition) is 0. The predicted octanol–water partition coefficient (Wildman–Crippen LogP) is 4.43. The summed E-state index contributed by atoms with van der Waals surface area (Å²) in [6, 6.07) is 16.9. The van der Waals surface area contributed by atoms with Gasteiger partial charge < -0.3 is 14.0 Å². The fourth-order valence-corrected chi connectivity index (χ4v) is 4.99. The van der Waals surface area contributed by atoms with Crippen LogP contribution < -0.4 is 14.9 Å². The second-order valence-electron chi connectivity index (χ2n) is 7.33. The van der Waals surface area contributed by atoms with Crippen molar-refractivity contribution >= 4 is 20.7 Å². The number of aromatic nitrogens is 1. The second-order valence-corrected chi connectivity index (χ2v) is 9.25. The van der Waals surface area contributed by atoms with Crippen molar-refractivity contribution < 1.29 is 22.3 Å². The minimum atomic E-state index is -4.16. The van der Waals surface area contributed by atoms with Crippen molar-refractivity contribution in [2.24, 2.45) is 0 Å². The third-order valence-corrected chi connectivity index (χ3v) is 7.05. The minimum Gasteiger partial charge on any atom is -0.497 e. The lowest BCUT2D eigenvalue weighted by Crippen LogP contribution is -2.20. The third kappa shape index (κ3) is 4.34. The van der Waals surface area contributed by atoms with Gasteiger partial charge in [0.25, 0.3) is 0 Å². The fraction of sp³-hybridized carbons (Fsp3) is 0.160. The highest BCUT2D eigenvalue weighted by Gasteiger charge is 2.24. The first-order valence-electron chi connectivity index (χ1n) is 10.3. The van der Waals surface area contributed by atoms with Crippen LogP contribution in [-0.4, -0.2) is 26.7 Å². The van der Waals surface area contributed by atoms with Gasteiger partial charge in [0.15, 0.2) is 0 Å². The minimum absolute atomic E-state index is 0.0434. The monoisotopic (exact) mass is 467 g/mol. The van der Waals surface area contributed by atoms with Crippen LogP contribution in [0.4, 0.5) is 4.39 Å². The van der Waals surface area contributed by atoms with Crippen LogP contribution in [0.5, 0.6) is 11.5 Å². The zero-order valence-electron chi connectivity index (χ0n) is 18.1. The molecule has 0 N–H and O–H groups in total. The Morgan fingerprint density at radius 2 is 1.67 bits per heavy atom. The summed E-state index contributed by atoms with van der Waals surface area (Å²) in [6.07, 6.45) is 1.27. The molecule has 0 aliphatic rings. The Hall–Kier alpha value is -3.65. The van der Waals surface area contributed by atoms with Gasteiger partial charge >= 0.3 is 0 Å². The quantitative estimate of drug-likeness (QED) is 0.402. The van der Waals surface area contributed by atoms with Crippen LogP contribution in [0.25, 0.3) is 10.9 Å². The topological polar surface area (TPSA) is 74.6 Å². The van der Waals surface area contributed by atoms with E-state index in [2.05, 4.69) is 0 Å². The lowest BCUT2D eigenvalue weighted by molar-refractivity contribution is 0.340. The van der Waals surface area contributed by atoms with Gasteiger partial charge in [-0.05, 0) is 55.5 Å². The predicted molar refractivity (Wildman–Crippen MR) is 123 cm³/mol. The van der Waals surface area contributed by atoms with E-state index in [4.69, 9.17) is 9.47 Å². The number of sulfone groups is 1. The van der Waals surface area contributed by atoms with Crippen LogP contribution in [0.3, 0.4) is 0 Å². The first-order valence-corrected chi connectivity index (χ1v) is 11.8. The molecule has 0 unspecified atom stereocenters.